The van der Waals surface area contributed by atoms with Crippen LogP contribution in [0.4, 0.5) is 0 Å². The molecule has 3 aliphatic rings. The molecule has 4 heterocycles. The third kappa shape index (κ3) is 4.25. The van der Waals surface area contributed by atoms with Crippen molar-refractivity contribution in [3.63, 3.8) is 0 Å². The van der Waals surface area contributed by atoms with Crippen LogP contribution in [0.1, 0.15) is 31.4 Å². The lowest BCUT2D eigenvalue weighted by atomic mass is 9.91. The minimum atomic E-state index is -0.279. The van der Waals surface area contributed by atoms with E-state index in [4.69, 9.17) is 13.9 Å². The number of rotatable bonds is 5. The first kappa shape index (κ1) is 17.1. The molecule has 0 spiro atoms. The second-order valence-electron chi connectivity index (χ2n) is 7.56. The SMILES string of the molecule is O=C(NCC1CCOCC1)[C@@H]1C[C@@H]2CCN(Cc3ccco3)C[C@H]2O1. The molecule has 25 heavy (non-hydrogen) atoms. The van der Waals surface area contributed by atoms with Gasteiger partial charge in [0.25, 0.3) is 0 Å². The van der Waals surface area contributed by atoms with Crippen LogP contribution in [0.25, 0.3) is 0 Å². The van der Waals surface area contributed by atoms with Crippen LogP contribution in [0.5, 0.6) is 0 Å². The van der Waals surface area contributed by atoms with Crippen molar-refractivity contribution in [3.8, 4) is 0 Å². The third-order valence-corrected chi connectivity index (χ3v) is 5.79. The maximum atomic E-state index is 12.5. The Morgan fingerprint density at radius 1 is 1.28 bits per heavy atom. The summed E-state index contributed by atoms with van der Waals surface area (Å²) in [5.41, 5.74) is 0. The molecule has 3 atom stereocenters. The fourth-order valence-electron chi connectivity index (χ4n) is 4.24. The molecular formula is C19H28N2O4. The number of hydrogen-bond acceptors (Lipinski definition) is 5. The van der Waals surface area contributed by atoms with Gasteiger partial charge in [-0.1, -0.05) is 0 Å². The molecule has 0 unspecified atom stereocenters. The Balaban J connectivity index is 1.23. The predicted octanol–water partition coefficient (Wildman–Crippen LogP) is 1.80. The van der Waals surface area contributed by atoms with Gasteiger partial charge in [-0.2, -0.15) is 0 Å². The molecule has 6 nitrogen and oxygen atoms in total. The minimum Gasteiger partial charge on any atom is -0.468 e. The van der Waals surface area contributed by atoms with Gasteiger partial charge in [-0.15, -0.1) is 0 Å². The highest BCUT2D eigenvalue weighted by molar-refractivity contribution is 5.81. The normalized spacial score (nSPS) is 31.0. The average Bonchev–Trinajstić information content (AvgIpc) is 3.30. The number of likely N-dealkylation sites (tertiary alicyclic amines) is 1. The number of nitrogens with zero attached hydrogens (tertiary/aromatic N) is 1. The highest BCUT2D eigenvalue weighted by Gasteiger charge is 2.41. The minimum absolute atomic E-state index is 0.0680. The van der Waals surface area contributed by atoms with Crippen molar-refractivity contribution in [2.75, 3.05) is 32.8 Å². The summed E-state index contributed by atoms with van der Waals surface area (Å²) in [6.45, 7) is 5.13. The lowest BCUT2D eigenvalue weighted by molar-refractivity contribution is -0.133. The summed E-state index contributed by atoms with van der Waals surface area (Å²) in [6.07, 6.45) is 5.64. The number of fused-ring (bicyclic) bond motifs is 1. The molecule has 1 aromatic rings. The molecule has 3 aliphatic heterocycles. The Morgan fingerprint density at radius 2 is 2.16 bits per heavy atom. The predicted molar refractivity (Wildman–Crippen MR) is 91.9 cm³/mol. The van der Waals surface area contributed by atoms with E-state index in [2.05, 4.69) is 10.2 Å². The lowest BCUT2D eigenvalue weighted by Gasteiger charge is -2.33. The van der Waals surface area contributed by atoms with E-state index in [1.54, 1.807) is 6.26 Å². The Bertz CT molecular complexity index is 556. The van der Waals surface area contributed by atoms with Crippen LogP contribution in [0.2, 0.25) is 0 Å². The molecule has 0 saturated carbocycles. The second kappa shape index (κ2) is 7.89. The summed E-state index contributed by atoms with van der Waals surface area (Å²) < 4.78 is 16.9. The van der Waals surface area contributed by atoms with E-state index < -0.39 is 0 Å². The Hall–Kier alpha value is -1.37. The molecule has 3 fully saturated rings. The molecule has 4 rings (SSSR count). The van der Waals surface area contributed by atoms with Crippen molar-refractivity contribution in [2.45, 2.75) is 44.4 Å². The number of nitrogens with one attached hydrogen (secondary N) is 1. The zero-order valence-corrected chi connectivity index (χ0v) is 14.7. The molecule has 3 saturated heterocycles. The molecule has 0 bridgehead atoms. The van der Waals surface area contributed by atoms with Gasteiger partial charge >= 0.3 is 0 Å². The molecule has 0 aliphatic carbocycles. The van der Waals surface area contributed by atoms with Crippen molar-refractivity contribution in [2.24, 2.45) is 11.8 Å². The van der Waals surface area contributed by atoms with Crippen LogP contribution in [-0.2, 0) is 20.8 Å². The molecule has 1 aromatic heterocycles. The lowest BCUT2D eigenvalue weighted by Crippen LogP contribution is -2.42. The average molecular weight is 348 g/mol. The summed E-state index contributed by atoms with van der Waals surface area (Å²) in [5.74, 6) is 2.11. The van der Waals surface area contributed by atoms with E-state index in [0.717, 1.165) is 70.8 Å². The Morgan fingerprint density at radius 3 is 2.96 bits per heavy atom. The van der Waals surface area contributed by atoms with Crippen molar-refractivity contribution in [1.82, 2.24) is 10.2 Å². The fraction of sp³-hybridized carbons (Fsp3) is 0.737. The standard InChI is InChI=1S/C19H28N2O4/c22-19(20-11-14-4-8-23-9-5-14)17-10-15-3-6-21(13-18(15)25-17)12-16-2-1-7-24-16/h1-2,7,14-15,17-18H,3-6,8-13H2,(H,20,22)/t15-,17-,18+/m0/s1. The van der Waals surface area contributed by atoms with Gasteiger partial charge in [0.2, 0.25) is 5.91 Å². The maximum Gasteiger partial charge on any atom is 0.249 e. The first-order chi connectivity index (χ1) is 12.3. The highest BCUT2D eigenvalue weighted by Crippen LogP contribution is 2.33. The molecule has 6 heteroatoms. The monoisotopic (exact) mass is 348 g/mol. The molecule has 1 N–H and O–H groups in total. The molecule has 1 amide bonds. The van der Waals surface area contributed by atoms with Gasteiger partial charge in [0, 0.05) is 26.3 Å². The van der Waals surface area contributed by atoms with Crippen LogP contribution in [0, 0.1) is 11.8 Å². The Labute approximate surface area is 148 Å². The number of furan rings is 1. The number of amides is 1. The summed E-state index contributed by atoms with van der Waals surface area (Å²) in [5, 5.41) is 3.10. The van der Waals surface area contributed by atoms with Gasteiger partial charge < -0.3 is 19.2 Å². The van der Waals surface area contributed by atoms with Crippen LogP contribution >= 0.6 is 0 Å². The van der Waals surface area contributed by atoms with Crippen molar-refractivity contribution in [3.05, 3.63) is 24.2 Å². The maximum absolute atomic E-state index is 12.5. The van der Waals surface area contributed by atoms with E-state index in [1.807, 2.05) is 12.1 Å². The van der Waals surface area contributed by atoms with Crippen molar-refractivity contribution in [1.29, 1.82) is 0 Å². The molecule has 138 valence electrons. The number of ether oxygens (including phenoxy) is 2. The molecular weight excluding hydrogens is 320 g/mol. The van der Waals surface area contributed by atoms with Gasteiger partial charge in [0.15, 0.2) is 0 Å². The Kier molecular flexibility index (Phi) is 5.39. The van der Waals surface area contributed by atoms with Gasteiger partial charge in [-0.05, 0) is 56.2 Å². The van der Waals surface area contributed by atoms with Gasteiger partial charge in [-0.25, -0.2) is 0 Å². The quantitative estimate of drug-likeness (QED) is 0.879. The van der Waals surface area contributed by atoms with E-state index >= 15 is 0 Å². The summed E-state index contributed by atoms with van der Waals surface area (Å²) in [7, 11) is 0. The zero-order chi connectivity index (χ0) is 17.1. The van der Waals surface area contributed by atoms with Crippen LogP contribution < -0.4 is 5.32 Å². The number of carbonyl (C=O) groups excluding carboxylic acids is 1. The van der Waals surface area contributed by atoms with E-state index in [1.165, 1.54) is 0 Å². The smallest absolute Gasteiger partial charge is 0.249 e. The summed E-state index contributed by atoms with van der Waals surface area (Å²) >= 11 is 0. The van der Waals surface area contributed by atoms with Crippen LogP contribution in [0.15, 0.2) is 22.8 Å². The van der Waals surface area contributed by atoms with Gasteiger partial charge in [0.1, 0.15) is 11.9 Å². The highest BCUT2D eigenvalue weighted by atomic mass is 16.5. The van der Waals surface area contributed by atoms with Crippen molar-refractivity contribution < 1.29 is 18.7 Å². The largest absolute Gasteiger partial charge is 0.468 e. The van der Waals surface area contributed by atoms with Crippen LogP contribution in [0.3, 0.4) is 0 Å². The third-order valence-electron chi connectivity index (χ3n) is 5.79. The van der Waals surface area contributed by atoms with Gasteiger partial charge in [-0.3, -0.25) is 9.69 Å². The summed E-state index contributed by atoms with van der Waals surface area (Å²) in [4.78, 5) is 14.8. The number of carbonyl (C=O) groups is 1. The fourth-order valence-corrected chi connectivity index (χ4v) is 4.24. The first-order valence-corrected chi connectivity index (χ1v) is 9.53. The first-order valence-electron chi connectivity index (χ1n) is 9.53. The number of piperidine rings is 1. The van der Waals surface area contributed by atoms with Crippen molar-refractivity contribution >= 4 is 5.91 Å². The van der Waals surface area contributed by atoms with Crippen LogP contribution in [-0.4, -0.2) is 55.9 Å². The molecule has 0 radical (unpaired) electrons. The zero-order valence-electron chi connectivity index (χ0n) is 14.7. The summed E-state index contributed by atoms with van der Waals surface area (Å²) in [6, 6.07) is 3.93. The van der Waals surface area contributed by atoms with E-state index in [-0.39, 0.29) is 18.1 Å². The molecule has 0 aromatic carbocycles. The van der Waals surface area contributed by atoms with E-state index in [9.17, 15) is 4.79 Å². The second-order valence-corrected chi connectivity index (χ2v) is 7.56. The number of hydrogen-bond donors (Lipinski definition) is 1. The topological polar surface area (TPSA) is 63.9 Å². The van der Waals surface area contributed by atoms with Gasteiger partial charge in [0.05, 0.1) is 18.9 Å². The van der Waals surface area contributed by atoms with E-state index in [0.29, 0.717) is 11.8 Å².